The van der Waals surface area contributed by atoms with Gasteiger partial charge < -0.3 is 10.5 Å². The van der Waals surface area contributed by atoms with Crippen molar-refractivity contribution < 1.29 is 4.73 Å². The fourth-order valence-corrected chi connectivity index (χ4v) is 0.952. The van der Waals surface area contributed by atoms with Crippen molar-refractivity contribution in [2.45, 2.75) is 0 Å². The van der Waals surface area contributed by atoms with Crippen LogP contribution in [0.15, 0.2) is 12.5 Å². The molecule has 0 saturated carbocycles. The molecule has 0 aliphatic rings. The monoisotopic (exact) mass is 165 g/mol. The quantitative estimate of drug-likeness (QED) is 0.446. The van der Waals surface area contributed by atoms with E-state index in [0.717, 1.165) is 0 Å². The molecule has 0 radical (unpaired) electrons. The summed E-state index contributed by atoms with van der Waals surface area (Å²) in [5, 5.41) is 13.8. The van der Waals surface area contributed by atoms with Crippen molar-refractivity contribution in [2.24, 2.45) is 0 Å². The van der Waals surface area contributed by atoms with Gasteiger partial charge >= 0.3 is 5.65 Å². The summed E-state index contributed by atoms with van der Waals surface area (Å²) in [5.41, 5.74) is 0.971. The van der Waals surface area contributed by atoms with Gasteiger partial charge in [-0.05, 0) is 0 Å². The van der Waals surface area contributed by atoms with Crippen LogP contribution >= 0.6 is 0 Å². The van der Waals surface area contributed by atoms with Crippen LogP contribution in [0.5, 0.6) is 0 Å². The maximum atomic E-state index is 11.0. The lowest BCUT2D eigenvalue weighted by Gasteiger charge is -1.96. The Labute approximate surface area is 67.9 Å². The molecule has 0 spiro atoms. The predicted octanol–water partition coefficient (Wildman–Crippen LogP) is -0.367. The van der Waals surface area contributed by atoms with Crippen molar-refractivity contribution in [3.05, 3.63) is 17.7 Å². The van der Waals surface area contributed by atoms with Gasteiger partial charge in [-0.2, -0.15) is 0 Å². The Morgan fingerprint density at radius 2 is 2.50 bits per heavy atom. The Kier molecular flexibility index (Phi) is 1.33. The van der Waals surface area contributed by atoms with E-state index in [0.29, 0.717) is 21.8 Å². The Morgan fingerprint density at radius 1 is 1.67 bits per heavy atom. The highest BCUT2D eigenvalue weighted by atomic mass is 16.5. The van der Waals surface area contributed by atoms with Gasteiger partial charge in [-0.15, -0.1) is 0 Å². The van der Waals surface area contributed by atoms with Crippen LogP contribution in [0.25, 0.3) is 11.2 Å². The number of hydrogen-bond acceptors (Lipinski definition) is 4. The average Bonchev–Trinajstić information content (AvgIpc) is 2.47. The van der Waals surface area contributed by atoms with Crippen LogP contribution in [0.3, 0.4) is 0 Å². The molecule has 0 amide bonds. The van der Waals surface area contributed by atoms with E-state index in [1.807, 2.05) is 0 Å². The van der Waals surface area contributed by atoms with Crippen molar-refractivity contribution in [1.29, 1.82) is 0 Å². The first-order chi connectivity index (χ1) is 5.81. The zero-order valence-corrected chi connectivity index (χ0v) is 6.40. The lowest BCUT2D eigenvalue weighted by molar-refractivity contribution is -0.578. The molecule has 0 fully saturated rings. The van der Waals surface area contributed by atoms with Crippen molar-refractivity contribution >= 4 is 17.1 Å². The van der Waals surface area contributed by atoms with E-state index < -0.39 is 0 Å². The summed E-state index contributed by atoms with van der Waals surface area (Å²) in [6.07, 6.45) is 2.85. The van der Waals surface area contributed by atoms with Crippen LogP contribution in [0.4, 0.5) is 5.95 Å². The first kappa shape index (κ1) is 6.84. The number of rotatable bonds is 1. The molecule has 6 heteroatoms. The highest BCUT2D eigenvalue weighted by Gasteiger charge is 2.08. The van der Waals surface area contributed by atoms with Gasteiger partial charge in [0.05, 0.1) is 6.20 Å². The third-order valence-corrected chi connectivity index (χ3v) is 1.54. The molecule has 0 atom stereocenters. The van der Waals surface area contributed by atoms with E-state index in [4.69, 9.17) is 0 Å². The Morgan fingerprint density at radius 3 is 3.25 bits per heavy atom. The predicted molar refractivity (Wildman–Crippen MR) is 42.4 cm³/mol. The van der Waals surface area contributed by atoms with E-state index in [-0.39, 0.29) is 0 Å². The number of fused-ring (bicyclic) bond motifs is 1. The maximum absolute atomic E-state index is 11.0. The molecule has 0 saturated heterocycles. The Hall–Kier alpha value is -1.85. The lowest BCUT2D eigenvalue weighted by atomic mass is 10.6. The first-order valence-corrected chi connectivity index (χ1v) is 3.42. The standard InChI is InChI=1S/C6H7N5O/c1-7-6-8-2-4-5(10-6)11(12)3-9-4/h2-3,9H,1H3,(H,7,8,10). The van der Waals surface area contributed by atoms with E-state index in [1.54, 1.807) is 13.2 Å². The molecule has 6 nitrogen and oxygen atoms in total. The van der Waals surface area contributed by atoms with Gasteiger partial charge in [0.1, 0.15) is 0 Å². The fourth-order valence-electron chi connectivity index (χ4n) is 0.952. The van der Waals surface area contributed by atoms with Crippen LogP contribution < -0.4 is 10.0 Å². The molecule has 2 aromatic rings. The SMILES string of the molecule is CNc1ncc2[nH]c[n+]([O-])c2n1. The van der Waals surface area contributed by atoms with Crippen molar-refractivity contribution in [3.63, 3.8) is 0 Å². The van der Waals surface area contributed by atoms with Gasteiger partial charge in [0, 0.05) is 7.05 Å². The van der Waals surface area contributed by atoms with E-state index in [2.05, 4.69) is 20.3 Å². The topological polar surface area (TPSA) is 80.5 Å². The second kappa shape index (κ2) is 2.33. The molecule has 0 bridgehead atoms. The number of nitrogens with zero attached hydrogens (tertiary/aromatic N) is 3. The average molecular weight is 165 g/mol. The summed E-state index contributed by atoms with van der Waals surface area (Å²) in [6.45, 7) is 0. The number of aromatic nitrogens is 4. The van der Waals surface area contributed by atoms with Crippen molar-refractivity contribution in [3.8, 4) is 0 Å². The van der Waals surface area contributed by atoms with Crippen molar-refractivity contribution in [2.75, 3.05) is 12.4 Å². The normalized spacial score (nSPS) is 10.4. The number of hydrogen-bond donors (Lipinski definition) is 2. The molecule has 2 aromatic heterocycles. The van der Waals surface area contributed by atoms with E-state index >= 15 is 0 Å². The minimum absolute atomic E-state index is 0.342. The molecule has 0 aromatic carbocycles. The largest absolute Gasteiger partial charge is 0.740 e. The molecule has 12 heavy (non-hydrogen) atoms. The minimum atomic E-state index is 0.342. The van der Waals surface area contributed by atoms with Gasteiger partial charge in [0.25, 0.3) is 5.95 Å². The fraction of sp³-hybridized carbons (Fsp3) is 0.167. The molecule has 0 unspecified atom stereocenters. The third kappa shape index (κ3) is 0.849. The highest BCUT2D eigenvalue weighted by Crippen LogP contribution is 2.04. The van der Waals surface area contributed by atoms with E-state index in [1.165, 1.54) is 6.33 Å². The van der Waals surface area contributed by atoms with E-state index in [9.17, 15) is 5.21 Å². The summed E-state index contributed by atoms with van der Waals surface area (Å²) in [6, 6.07) is 0. The van der Waals surface area contributed by atoms with Crippen LogP contribution in [-0.4, -0.2) is 22.0 Å². The van der Waals surface area contributed by atoms with Gasteiger partial charge in [-0.25, -0.2) is 9.71 Å². The lowest BCUT2D eigenvalue weighted by Crippen LogP contribution is -2.23. The number of anilines is 1. The summed E-state index contributed by atoms with van der Waals surface area (Å²) in [7, 11) is 1.70. The number of aromatic amines is 1. The molecule has 2 N–H and O–H groups in total. The Balaban J connectivity index is 2.71. The van der Waals surface area contributed by atoms with Gasteiger partial charge in [-0.1, -0.05) is 4.98 Å². The maximum Gasteiger partial charge on any atom is 0.307 e. The molecular formula is C6H7N5O. The van der Waals surface area contributed by atoms with Crippen LogP contribution in [0, 0.1) is 5.21 Å². The molecule has 2 rings (SSSR count). The summed E-state index contributed by atoms with van der Waals surface area (Å²) in [4.78, 5) is 10.6. The zero-order chi connectivity index (χ0) is 8.55. The van der Waals surface area contributed by atoms with Crippen LogP contribution in [0.2, 0.25) is 0 Å². The number of imidazole rings is 1. The molecule has 2 heterocycles. The number of H-pyrrole nitrogens is 1. The first-order valence-electron chi connectivity index (χ1n) is 3.42. The molecule has 0 aliphatic heterocycles. The third-order valence-electron chi connectivity index (χ3n) is 1.54. The molecular weight excluding hydrogens is 158 g/mol. The van der Waals surface area contributed by atoms with Crippen LogP contribution in [-0.2, 0) is 0 Å². The summed E-state index contributed by atoms with van der Waals surface area (Å²) >= 11 is 0. The second-order valence-electron chi connectivity index (χ2n) is 2.28. The Bertz CT molecular complexity index is 409. The van der Waals surface area contributed by atoms with Gasteiger partial charge in [-0.3, -0.25) is 4.98 Å². The minimum Gasteiger partial charge on any atom is -0.740 e. The van der Waals surface area contributed by atoms with Gasteiger partial charge in [0.15, 0.2) is 11.8 Å². The smallest absolute Gasteiger partial charge is 0.307 e. The summed E-state index contributed by atoms with van der Waals surface area (Å²) in [5.74, 6) is 0.437. The number of nitrogens with one attached hydrogen (secondary N) is 2. The molecule has 62 valence electrons. The van der Waals surface area contributed by atoms with Crippen LogP contribution in [0.1, 0.15) is 0 Å². The van der Waals surface area contributed by atoms with Crippen molar-refractivity contribution in [1.82, 2.24) is 15.0 Å². The second-order valence-corrected chi connectivity index (χ2v) is 2.28. The zero-order valence-electron chi connectivity index (χ0n) is 6.40. The summed E-state index contributed by atoms with van der Waals surface area (Å²) < 4.78 is 0.665. The molecule has 0 aliphatic carbocycles. The van der Waals surface area contributed by atoms with Gasteiger partial charge in [0.2, 0.25) is 0 Å². The highest BCUT2D eigenvalue weighted by molar-refractivity contribution is 5.66.